The predicted octanol–water partition coefficient (Wildman–Crippen LogP) is 1.26. The van der Waals surface area contributed by atoms with Crippen LogP contribution in [0.25, 0.3) is 27.7 Å². The minimum absolute atomic E-state index is 0.255. The van der Waals surface area contributed by atoms with Crippen LogP contribution in [0.5, 0.6) is 0 Å². The maximum atomic E-state index is 5.59. The minimum Gasteiger partial charge on any atom is -0.367 e. The van der Waals surface area contributed by atoms with Crippen molar-refractivity contribution in [2.75, 3.05) is 5.73 Å². The molecule has 1 aromatic carbocycles. The first kappa shape index (κ1) is 10.9. The summed E-state index contributed by atoms with van der Waals surface area (Å²) in [7, 11) is 1.88. The molecule has 0 fully saturated rings. The van der Waals surface area contributed by atoms with Gasteiger partial charge in [0.15, 0.2) is 0 Å². The van der Waals surface area contributed by atoms with Crippen molar-refractivity contribution in [1.29, 1.82) is 0 Å². The summed E-state index contributed by atoms with van der Waals surface area (Å²) in [5, 5.41) is 12.2. The average Bonchev–Trinajstić information content (AvgIpc) is 3.02. The highest BCUT2D eigenvalue weighted by atomic mass is 15.4. The highest BCUT2D eigenvalue weighted by Gasteiger charge is 2.09. The van der Waals surface area contributed by atoms with E-state index in [0.29, 0.717) is 0 Å². The van der Waals surface area contributed by atoms with Gasteiger partial charge < -0.3 is 5.73 Å². The zero-order valence-corrected chi connectivity index (χ0v) is 10.7. The summed E-state index contributed by atoms with van der Waals surface area (Å²) >= 11 is 0. The molecule has 0 radical (unpaired) electrons. The fraction of sp³-hybridized carbons (Fsp3) is 0.0769. The fourth-order valence-corrected chi connectivity index (χ4v) is 2.36. The van der Waals surface area contributed by atoms with Crippen molar-refractivity contribution in [3.8, 4) is 11.1 Å². The molecule has 20 heavy (non-hydrogen) atoms. The third-order valence-corrected chi connectivity index (χ3v) is 3.36. The van der Waals surface area contributed by atoms with Crippen LogP contribution < -0.4 is 5.73 Å². The monoisotopic (exact) mass is 265 g/mol. The van der Waals surface area contributed by atoms with E-state index in [1.54, 1.807) is 15.4 Å². The number of hydrogen-bond donors (Lipinski definition) is 1. The van der Waals surface area contributed by atoms with E-state index in [0.717, 1.165) is 27.7 Å². The van der Waals surface area contributed by atoms with Crippen LogP contribution in [-0.4, -0.2) is 29.6 Å². The lowest BCUT2D eigenvalue weighted by molar-refractivity contribution is 0.736. The Balaban J connectivity index is 1.98. The highest BCUT2D eigenvalue weighted by Crippen LogP contribution is 2.27. The van der Waals surface area contributed by atoms with Crippen molar-refractivity contribution in [3.63, 3.8) is 0 Å². The summed E-state index contributed by atoms with van der Waals surface area (Å²) < 4.78 is 3.48. The fourth-order valence-electron chi connectivity index (χ4n) is 2.36. The van der Waals surface area contributed by atoms with Crippen LogP contribution in [0.2, 0.25) is 0 Å². The molecular formula is C13H11N7. The number of nitrogens with two attached hydrogens (primary N) is 1. The zero-order valence-electron chi connectivity index (χ0n) is 10.7. The number of rotatable bonds is 1. The Hall–Kier alpha value is -2.96. The van der Waals surface area contributed by atoms with Gasteiger partial charge in [0, 0.05) is 18.8 Å². The molecule has 0 saturated carbocycles. The number of aromatic nitrogens is 6. The van der Waals surface area contributed by atoms with Gasteiger partial charge in [0.2, 0.25) is 5.95 Å². The number of fused-ring (bicyclic) bond motifs is 2. The van der Waals surface area contributed by atoms with Gasteiger partial charge in [-0.05, 0) is 23.8 Å². The van der Waals surface area contributed by atoms with E-state index in [9.17, 15) is 0 Å². The van der Waals surface area contributed by atoms with Gasteiger partial charge in [0.1, 0.15) is 5.52 Å². The molecule has 3 heterocycles. The Morgan fingerprint density at radius 1 is 1.15 bits per heavy atom. The van der Waals surface area contributed by atoms with Gasteiger partial charge in [-0.25, -0.2) is 14.2 Å². The van der Waals surface area contributed by atoms with E-state index in [1.807, 2.05) is 31.4 Å². The second-order valence-electron chi connectivity index (χ2n) is 4.59. The molecule has 7 heteroatoms. The van der Waals surface area contributed by atoms with E-state index in [2.05, 4.69) is 26.5 Å². The lowest BCUT2D eigenvalue weighted by atomic mass is 10.1. The van der Waals surface area contributed by atoms with Gasteiger partial charge in [-0.2, -0.15) is 0 Å². The molecule has 7 nitrogen and oxygen atoms in total. The largest absolute Gasteiger partial charge is 0.367 e. The summed E-state index contributed by atoms with van der Waals surface area (Å²) in [6.07, 6.45) is 3.59. The van der Waals surface area contributed by atoms with Gasteiger partial charge in [0.25, 0.3) is 0 Å². The van der Waals surface area contributed by atoms with Gasteiger partial charge in [-0.15, -0.1) is 10.2 Å². The summed E-state index contributed by atoms with van der Waals surface area (Å²) in [5.41, 5.74) is 10.5. The molecule has 0 amide bonds. The average molecular weight is 265 g/mol. The molecule has 0 bridgehead atoms. The molecule has 3 aromatic heterocycles. The lowest BCUT2D eigenvalue weighted by Crippen LogP contribution is -1.99. The van der Waals surface area contributed by atoms with E-state index in [-0.39, 0.29) is 5.95 Å². The number of aryl methyl sites for hydroxylation is 1. The van der Waals surface area contributed by atoms with Crippen LogP contribution in [-0.2, 0) is 7.05 Å². The number of nitrogens with zero attached hydrogens (tertiary/aromatic N) is 6. The Morgan fingerprint density at radius 3 is 2.95 bits per heavy atom. The van der Waals surface area contributed by atoms with Crippen molar-refractivity contribution in [3.05, 3.63) is 36.7 Å². The zero-order chi connectivity index (χ0) is 13.7. The van der Waals surface area contributed by atoms with Gasteiger partial charge in [-0.1, -0.05) is 11.3 Å². The van der Waals surface area contributed by atoms with Crippen LogP contribution >= 0.6 is 0 Å². The molecule has 0 aliphatic heterocycles. The first-order chi connectivity index (χ1) is 9.72. The first-order valence-corrected chi connectivity index (χ1v) is 6.12. The lowest BCUT2D eigenvalue weighted by Gasteiger charge is -2.01. The van der Waals surface area contributed by atoms with E-state index < -0.39 is 0 Å². The minimum atomic E-state index is 0.255. The molecule has 4 aromatic rings. The van der Waals surface area contributed by atoms with E-state index in [4.69, 9.17) is 5.73 Å². The van der Waals surface area contributed by atoms with Crippen molar-refractivity contribution in [1.82, 2.24) is 29.6 Å². The molecule has 2 N–H and O–H groups in total. The molecule has 0 atom stereocenters. The summed E-state index contributed by atoms with van der Waals surface area (Å²) in [4.78, 5) is 4.05. The Bertz CT molecular complexity index is 934. The molecule has 0 unspecified atom stereocenters. The third kappa shape index (κ3) is 1.46. The van der Waals surface area contributed by atoms with Gasteiger partial charge >= 0.3 is 0 Å². The molecule has 0 spiro atoms. The Morgan fingerprint density at radius 2 is 2.05 bits per heavy atom. The van der Waals surface area contributed by atoms with Crippen LogP contribution in [0.3, 0.4) is 0 Å². The second-order valence-corrected chi connectivity index (χ2v) is 4.59. The maximum Gasteiger partial charge on any atom is 0.238 e. The number of nitrogen functional groups attached to an aromatic ring is 1. The molecule has 0 aliphatic rings. The summed E-state index contributed by atoms with van der Waals surface area (Å²) in [5.74, 6) is 0.255. The smallest absolute Gasteiger partial charge is 0.238 e. The molecular weight excluding hydrogens is 254 g/mol. The number of anilines is 1. The Kier molecular flexibility index (Phi) is 2.06. The van der Waals surface area contributed by atoms with Crippen LogP contribution in [0.4, 0.5) is 5.95 Å². The van der Waals surface area contributed by atoms with E-state index >= 15 is 0 Å². The number of benzene rings is 1. The highest BCUT2D eigenvalue weighted by molar-refractivity contribution is 5.87. The van der Waals surface area contributed by atoms with E-state index in [1.165, 1.54) is 0 Å². The Labute approximate surface area is 113 Å². The first-order valence-electron chi connectivity index (χ1n) is 6.12. The number of hydrogen-bond acceptors (Lipinski definition) is 5. The van der Waals surface area contributed by atoms with Crippen molar-refractivity contribution in [2.24, 2.45) is 7.05 Å². The maximum absolute atomic E-state index is 5.59. The van der Waals surface area contributed by atoms with Crippen LogP contribution in [0.1, 0.15) is 0 Å². The summed E-state index contributed by atoms with van der Waals surface area (Å²) in [6, 6.07) is 8.03. The summed E-state index contributed by atoms with van der Waals surface area (Å²) in [6.45, 7) is 0. The van der Waals surface area contributed by atoms with Crippen LogP contribution in [0, 0.1) is 0 Å². The SMILES string of the molecule is Cn1nnc2ccc(-c3ccn4nc(N)ncc34)cc21. The molecule has 0 saturated heterocycles. The quantitative estimate of drug-likeness (QED) is 0.560. The molecule has 4 rings (SSSR count). The topological polar surface area (TPSA) is 86.9 Å². The normalized spacial score (nSPS) is 11.4. The third-order valence-electron chi connectivity index (χ3n) is 3.36. The van der Waals surface area contributed by atoms with Crippen molar-refractivity contribution >= 4 is 22.5 Å². The molecule has 0 aliphatic carbocycles. The molecule has 98 valence electrons. The predicted molar refractivity (Wildman–Crippen MR) is 74.9 cm³/mol. The standard InChI is InChI=1S/C13H11N7/c1-19-11-6-8(2-3-10(11)16-18-19)9-4-5-20-12(9)7-15-13(14)17-20/h2-7H,1H3,(H2,14,17). The van der Waals surface area contributed by atoms with Gasteiger partial charge in [0.05, 0.1) is 17.2 Å². The van der Waals surface area contributed by atoms with Gasteiger partial charge in [-0.3, -0.25) is 0 Å². The van der Waals surface area contributed by atoms with Crippen molar-refractivity contribution in [2.45, 2.75) is 0 Å². The van der Waals surface area contributed by atoms with Crippen LogP contribution in [0.15, 0.2) is 36.7 Å². The van der Waals surface area contributed by atoms with Crippen molar-refractivity contribution < 1.29 is 0 Å². The second kappa shape index (κ2) is 3.77.